The maximum atomic E-state index is 11.6. The summed E-state index contributed by atoms with van der Waals surface area (Å²) >= 11 is 4.45. The summed E-state index contributed by atoms with van der Waals surface area (Å²) in [6.45, 7) is 10.2. The summed E-state index contributed by atoms with van der Waals surface area (Å²) in [6, 6.07) is 0. The smallest absolute Gasteiger partial charge is 0.309 e. The Morgan fingerprint density at radius 3 is 1.93 bits per heavy atom. The fourth-order valence-corrected chi connectivity index (χ4v) is 1.57. The lowest BCUT2D eigenvalue weighted by molar-refractivity contribution is -0.149. The van der Waals surface area contributed by atoms with E-state index in [2.05, 4.69) is 12.6 Å². The van der Waals surface area contributed by atoms with Crippen molar-refractivity contribution in [2.75, 3.05) is 7.11 Å². The average Bonchev–Trinajstić information content (AvgIpc) is 1.95. The van der Waals surface area contributed by atoms with E-state index < -0.39 is 0 Å². The molecular weight excluding hydrogens is 196 g/mol. The topological polar surface area (TPSA) is 26.3 Å². The number of methoxy groups -OCH3 is 1. The van der Waals surface area contributed by atoms with Crippen LogP contribution in [-0.2, 0) is 9.53 Å². The van der Waals surface area contributed by atoms with Crippen molar-refractivity contribution in [3.63, 3.8) is 0 Å². The van der Waals surface area contributed by atoms with Crippen LogP contribution < -0.4 is 0 Å². The molecule has 84 valence electrons. The molecule has 0 N–H and O–H groups in total. The maximum absolute atomic E-state index is 11.6. The zero-order chi connectivity index (χ0) is 11.6. The van der Waals surface area contributed by atoms with Crippen LogP contribution in [-0.4, -0.2) is 17.8 Å². The molecule has 0 aliphatic heterocycles. The van der Waals surface area contributed by atoms with Crippen molar-refractivity contribution in [2.24, 2.45) is 11.3 Å². The van der Waals surface area contributed by atoms with Gasteiger partial charge in [0.05, 0.1) is 13.0 Å². The minimum Gasteiger partial charge on any atom is -0.469 e. The lowest BCUT2D eigenvalue weighted by Gasteiger charge is -2.32. The first-order valence-electron chi connectivity index (χ1n) is 4.88. The van der Waals surface area contributed by atoms with E-state index in [0.717, 1.165) is 6.42 Å². The normalized spacial score (nSPS) is 15.1. The summed E-state index contributed by atoms with van der Waals surface area (Å²) < 4.78 is 4.67. The van der Waals surface area contributed by atoms with Gasteiger partial charge < -0.3 is 4.74 Å². The Morgan fingerprint density at radius 2 is 1.71 bits per heavy atom. The Hall–Kier alpha value is -0.180. The molecule has 0 amide bonds. The Kier molecular flexibility index (Phi) is 4.50. The fourth-order valence-electron chi connectivity index (χ4n) is 1.38. The third-order valence-corrected chi connectivity index (χ3v) is 2.42. The Bertz CT molecular complexity index is 198. The molecular formula is C11H22O2S. The molecule has 2 nitrogen and oxygen atoms in total. The van der Waals surface area contributed by atoms with E-state index in [9.17, 15) is 4.79 Å². The molecule has 0 aromatic rings. The Labute approximate surface area is 92.8 Å². The van der Waals surface area contributed by atoms with E-state index in [0.29, 0.717) is 0 Å². The molecule has 0 aliphatic rings. The lowest BCUT2D eigenvalue weighted by Crippen LogP contribution is -2.34. The number of carbonyl (C=O) groups is 1. The number of carbonyl (C=O) groups excluding carboxylic acids is 1. The summed E-state index contributed by atoms with van der Waals surface area (Å²) in [4.78, 5) is 11.6. The molecule has 0 spiro atoms. The molecule has 0 saturated carbocycles. The van der Waals surface area contributed by atoms with Crippen molar-refractivity contribution >= 4 is 18.6 Å². The monoisotopic (exact) mass is 218 g/mol. The van der Waals surface area contributed by atoms with Crippen LogP contribution in [0.2, 0.25) is 0 Å². The average molecular weight is 218 g/mol. The third kappa shape index (κ3) is 4.89. The molecule has 0 aromatic heterocycles. The highest BCUT2D eigenvalue weighted by Crippen LogP contribution is 2.35. The van der Waals surface area contributed by atoms with Crippen LogP contribution in [0.1, 0.15) is 41.0 Å². The van der Waals surface area contributed by atoms with Gasteiger partial charge in [0.25, 0.3) is 0 Å². The molecule has 0 heterocycles. The number of rotatable bonds is 3. The van der Waals surface area contributed by atoms with Crippen molar-refractivity contribution in [1.29, 1.82) is 0 Å². The summed E-state index contributed by atoms with van der Waals surface area (Å²) in [5, 5.41) is 0. The SMILES string of the molecule is COC(=O)C(CC(C)(C)S)C(C)(C)C. The Morgan fingerprint density at radius 1 is 1.29 bits per heavy atom. The second kappa shape index (κ2) is 4.56. The fraction of sp³-hybridized carbons (Fsp3) is 0.909. The zero-order valence-corrected chi connectivity index (χ0v) is 10.9. The van der Waals surface area contributed by atoms with Crippen LogP contribution in [0.3, 0.4) is 0 Å². The van der Waals surface area contributed by atoms with Gasteiger partial charge in [0.15, 0.2) is 0 Å². The quantitative estimate of drug-likeness (QED) is 0.582. The van der Waals surface area contributed by atoms with Gasteiger partial charge >= 0.3 is 5.97 Å². The van der Waals surface area contributed by atoms with Crippen molar-refractivity contribution in [3.8, 4) is 0 Å². The second-order valence-corrected chi connectivity index (χ2v) is 6.67. The standard InChI is InChI=1S/C11H22O2S/c1-10(2,3)8(9(12)13-6)7-11(4,5)14/h8,14H,7H2,1-6H3. The summed E-state index contributed by atoms with van der Waals surface area (Å²) in [7, 11) is 1.44. The first-order valence-corrected chi connectivity index (χ1v) is 5.33. The molecule has 0 fully saturated rings. The lowest BCUT2D eigenvalue weighted by atomic mass is 9.76. The number of hydrogen-bond donors (Lipinski definition) is 1. The number of thiol groups is 1. The van der Waals surface area contributed by atoms with Crippen LogP contribution in [0.4, 0.5) is 0 Å². The van der Waals surface area contributed by atoms with Crippen molar-refractivity contribution in [3.05, 3.63) is 0 Å². The van der Waals surface area contributed by atoms with Gasteiger partial charge in [-0.05, 0) is 11.8 Å². The van der Waals surface area contributed by atoms with E-state index in [1.165, 1.54) is 7.11 Å². The van der Waals surface area contributed by atoms with Gasteiger partial charge in [-0.2, -0.15) is 12.6 Å². The van der Waals surface area contributed by atoms with E-state index >= 15 is 0 Å². The van der Waals surface area contributed by atoms with Gasteiger partial charge in [-0.3, -0.25) is 4.79 Å². The molecule has 1 atom stereocenters. The van der Waals surface area contributed by atoms with E-state index in [4.69, 9.17) is 4.74 Å². The second-order valence-electron chi connectivity index (χ2n) is 5.46. The highest BCUT2D eigenvalue weighted by Gasteiger charge is 2.35. The molecule has 0 rings (SSSR count). The van der Waals surface area contributed by atoms with Crippen LogP contribution in [0.15, 0.2) is 0 Å². The number of esters is 1. The highest BCUT2D eigenvalue weighted by molar-refractivity contribution is 7.81. The minimum absolute atomic E-state index is 0.0763. The molecule has 0 radical (unpaired) electrons. The molecule has 3 heteroatoms. The number of hydrogen-bond acceptors (Lipinski definition) is 3. The summed E-state index contributed by atoms with van der Waals surface area (Å²) in [5.74, 6) is -0.236. The van der Waals surface area contributed by atoms with E-state index in [-0.39, 0.29) is 22.0 Å². The van der Waals surface area contributed by atoms with Crippen LogP contribution >= 0.6 is 12.6 Å². The first-order chi connectivity index (χ1) is 6.08. The maximum Gasteiger partial charge on any atom is 0.309 e. The van der Waals surface area contributed by atoms with Crippen molar-refractivity contribution in [1.82, 2.24) is 0 Å². The molecule has 1 unspecified atom stereocenters. The van der Waals surface area contributed by atoms with Crippen molar-refractivity contribution < 1.29 is 9.53 Å². The van der Waals surface area contributed by atoms with Gasteiger partial charge in [-0.25, -0.2) is 0 Å². The predicted octanol–water partition coefficient (Wildman–Crippen LogP) is 2.92. The number of ether oxygens (including phenoxy) is 1. The van der Waals surface area contributed by atoms with Crippen molar-refractivity contribution in [2.45, 2.75) is 45.8 Å². The van der Waals surface area contributed by atoms with Crippen LogP contribution in [0.5, 0.6) is 0 Å². The van der Waals surface area contributed by atoms with Crippen LogP contribution in [0, 0.1) is 11.3 Å². The van der Waals surface area contributed by atoms with E-state index in [1.54, 1.807) is 0 Å². The molecule has 0 aliphatic carbocycles. The highest BCUT2D eigenvalue weighted by atomic mass is 32.1. The van der Waals surface area contributed by atoms with Gasteiger partial charge in [-0.1, -0.05) is 34.6 Å². The van der Waals surface area contributed by atoms with Crippen LogP contribution in [0.25, 0.3) is 0 Å². The van der Waals surface area contributed by atoms with Gasteiger partial charge in [0, 0.05) is 4.75 Å². The molecule has 0 saturated heterocycles. The van der Waals surface area contributed by atoms with Gasteiger partial charge in [0.1, 0.15) is 0 Å². The van der Waals surface area contributed by atoms with Gasteiger partial charge in [-0.15, -0.1) is 0 Å². The Balaban J connectivity index is 4.67. The largest absolute Gasteiger partial charge is 0.469 e. The summed E-state index contributed by atoms with van der Waals surface area (Å²) in [6.07, 6.45) is 0.728. The van der Waals surface area contributed by atoms with Gasteiger partial charge in [0.2, 0.25) is 0 Å². The third-order valence-electron chi connectivity index (χ3n) is 2.23. The zero-order valence-electron chi connectivity index (χ0n) is 10.0. The summed E-state index contributed by atoms with van der Waals surface area (Å²) in [5.41, 5.74) is -0.0763. The predicted molar refractivity (Wildman–Crippen MR) is 62.6 cm³/mol. The molecule has 0 bridgehead atoms. The first kappa shape index (κ1) is 13.8. The minimum atomic E-state index is -0.147. The molecule has 0 aromatic carbocycles. The molecule has 14 heavy (non-hydrogen) atoms. The van der Waals surface area contributed by atoms with E-state index in [1.807, 2.05) is 34.6 Å².